The molecule has 0 radical (unpaired) electrons. The molecule has 1 aliphatic heterocycles. The Hall–Kier alpha value is -1.79. The number of carbonyl (C=O) groups excluding carboxylic acids is 2. The SMILES string of the molecule is CCCC(CCC)C1=NOC2[C@@H](C(=O)OCC)C[C@@H](NC(=O)OC(C)(C)C)[C@H]12. The van der Waals surface area contributed by atoms with Gasteiger partial charge in [0.1, 0.15) is 5.60 Å². The predicted octanol–water partition coefficient (Wildman–Crippen LogP) is 4.05. The number of amides is 1. The van der Waals surface area contributed by atoms with Crippen LogP contribution in [0.3, 0.4) is 0 Å². The zero-order valence-electron chi connectivity index (χ0n) is 18.1. The van der Waals surface area contributed by atoms with E-state index >= 15 is 0 Å². The van der Waals surface area contributed by atoms with Gasteiger partial charge in [-0.15, -0.1) is 0 Å². The fourth-order valence-corrected chi connectivity index (χ4v) is 4.30. The highest BCUT2D eigenvalue weighted by molar-refractivity contribution is 5.93. The van der Waals surface area contributed by atoms with E-state index in [2.05, 4.69) is 24.3 Å². The quantitative estimate of drug-likeness (QED) is 0.626. The second-order valence-corrected chi connectivity index (χ2v) is 8.73. The van der Waals surface area contributed by atoms with E-state index in [1.165, 1.54) is 0 Å². The van der Waals surface area contributed by atoms with Gasteiger partial charge in [0.05, 0.1) is 24.2 Å². The maximum absolute atomic E-state index is 12.5. The number of ether oxygens (including phenoxy) is 2. The second-order valence-electron chi connectivity index (χ2n) is 8.73. The summed E-state index contributed by atoms with van der Waals surface area (Å²) in [5.74, 6) is -0.543. The summed E-state index contributed by atoms with van der Waals surface area (Å²) >= 11 is 0. The molecule has 1 fully saturated rings. The van der Waals surface area contributed by atoms with Crippen LogP contribution in [0.15, 0.2) is 5.16 Å². The van der Waals surface area contributed by atoms with Gasteiger partial charge in [-0.25, -0.2) is 4.79 Å². The largest absolute Gasteiger partial charge is 0.466 e. The summed E-state index contributed by atoms with van der Waals surface area (Å²) in [7, 11) is 0. The van der Waals surface area contributed by atoms with Crippen molar-refractivity contribution in [2.24, 2.45) is 22.9 Å². The van der Waals surface area contributed by atoms with Crippen LogP contribution in [-0.4, -0.2) is 42.1 Å². The van der Waals surface area contributed by atoms with Crippen molar-refractivity contribution in [3.05, 3.63) is 0 Å². The van der Waals surface area contributed by atoms with Gasteiger partial charge in [0.15, 0.2) is 6.10 Å². The van der Waals surface area contributed by atoms with Crippen LogP contribution in [0.25, 0.3) is 0 Å². The smallest absolute Gasteiger partial charge is 0.407 e. The molecule has 0 aromatic heterocycles. The predicted molar refractivity (Wildman–Crippen MR) is 107 cm³/mol. The maximum Gasteiger partial charge on any atom is 0.407 e. The van der Waals surface area contributed by atoms with Crippen LogP contribution in [0.1, 0.15) is 73.6 Å². The molecule has 1 aliphatic carbocycles. The van der Waals surface area contributed by atoms with Crippen molar-refractivity contribution < 1.29 is 23.9 Å². The highest BCUT2D eigenvalue weighted by atomic mass is 16.6. The first-order valence-corrected chi connectivity index (χ1v) is 10.6. The van der Waals surface area contributed by atoms with Crippen molar-refractivity contribution in [2.45, 2.75) is 91.4 Å². The molecule has 0 aromatic carbocycles. The van der Waals surface area contributed by atoms with Crippen molar-refractivity contribution in [1.29, 1.82) is 0 Å². The van der Waals surface area contributed by atoms with Crippen LogP contribution < -0.4 is 5.32 Å². The lowest BCUT2D eigenvalue weighted by atomic mass is 9.82. The van der Waals surface area contributed by atoms with Crippen LogP contribution >= 0.6 is 0 Å². The number of hydrogen-bond donors (Lipinski definition) is 1. The van der Waals surface area contributed by atoms with Crippen LogP contribution in [0.4, 0.5) is 4.79 Å². The fourth-order valence-electron chi connectivity index (χ4n) is 4.30. The van der Waals surface area contributed by atoms with E-state index in [0.29, 0.717) is 18.9 Å². The summed E-state index contributed by atoms with van der Waals surface area (Å²) in [5, 5.41) is 7.37. The maximum atomic E-state index is 12.5. The number of rotatable bonds is 8. The summed E-state index contributed by atoms with van der Waals surface area (Å²) in [5.41, 5.74) is 0.389. The zero-order chi connectivity index (χ0) is 20.9. The Morgan fingerprint density at radius 3 is 2.39 bits per heavy atom. The lowest BCUT2D eigenvalue weighted by molar-refractivity contribution is -0.152. The van der Waals surface area contributed by atoms with Crippen LogP contribution in [0, 0.1) is 17.8 Å². The number of esters is 1. The molecule has 1 unspecified atom stereocenters. The summed E-state index contributed by atoms with van der Waals surface area (Å²) in [6.07, 6.45) is 3.74. The minimum absolute atomic E-state index is 0.120. The molecule has 7 nitrogen and oxygen atoms in total. The van der Waals surface area contributed by atoms with Gasteiger partial charge in [-0.05, 0) is 47.0 Å². The fraction of sp³-hybridized carbons (Fsp3) is 0.857. The number of carbonyl (C=O) groups is 2. The van der Waals surface area contributed by atoms with Crippen molar-refractivity contribution in [1.82, 2.24) is 5.32 Å². The number of fused-ring (bicyclic) bond motifs is 1. The van der Waals surface area contributed by atoms with Gasteiger partial charge in [-0.1, -0.05) is 31.8 Å². The third-order valence-corrected chi connectivity index (χ3v) is 5.30. The number of hydrogen-bond acceptors (Lipinski definition) is 6. The summed E-state index contributed by atoms with van der Waals surface area (Å²) in [4.78, 5) is 30.6. The van der Waals surface area contributed by atoms with Crippen LogP contribution in [0.5, 0.6) is 0 Å². The molecule has 4 atom stereocenters. The first-order valence-electron chi connectivity index (χ1n) is 10.6. The first kappa shape index (κ1) is 22.5. The van der Waals surface area contributed by atoms with Gasteiger partial charge < -0.3 is 19.6 Å². The summed E-state index contributed by atoms with van der Waals surface area (Å²) < 4.78 is 10.7. The molecule has 7 heteroatoms. The summed E-state index contributed by atoms with van der Waals surface area (Å²) in [6, 6.07) is -0.258. The average Bonchev–Trinajstić information content (AvgIpc) is 3.14. The monoisotopic (exact) mass is 396 g/mol. The lowest BCUT2D eigenvalue weighted by Gasteiger charge is -2.26. The van der Waals surface area contributed by atoms with E-state index in [0.717, 1.165) is 31.4 Å². The Balaban J connectivity index is 2.22. The average molecular weight is 397 g/mol. The highest BCUT2D eigenvalue weighted by Gasteiger charge is 2.55. The first-order chi connectivity index (χ1) is 13.2. The minimum atomic E-state index is -0.585. The number of nitrogens with one attached hydrogen (secondary N) is 1. The van der Waals surface area contributed by atoms with E-state index in [9.17, 15) is 9.59 Å². The number of nitrogens with zero attached hydrogens (tertiary/aromatic N) is 1. The van der Waals surface area contributed by atoms with Crippen molar-refractivity contribution in [3.63, 3.8) is 0 Å². The Morgan fingerprint density at radius 1 is 1.21 bits per heavy atom. The Kier molecular flexibility index (Phi) is 7.72. The normalized spacial score (nSPS) is 26.5. The van der Waals surface area contributed by atoms with E-state index in [4.69, 9.17) is 14.3 Å². The van der Waals surface area contributed by atoms with Crippen molar-refractivity contribution in [2.75, 3.05) is 6.61 Å². The highest BCUT2D eigenvalue weighted by Crippen LogP contribution is 2.42. The Bertz CT molecular complexity index is 578. The molecule has 2 rings (SSSR count). The topological polar surface area (TPSA) is 86.2 Å². The van der Waals surface area contributed by atoms with Gasteiger partial charge in [0, 0.05) is 12.0 Å². The van der Waals surface area contributed by atoms with Gasteiger partial charge in [0.2, 0.25) is 0 Å². The molecule has 0 aromatic rings. The molecule has 0 bridgehead atoms. The van der Waals surface area contributed by atoms with Crippen molar-refractivity contribution >= 4 is 17.8 Å². The molecule has 28 heavy (non-hydrogen) atoms. The van der Waals surface area contributed by atoms with Gasteiger partial charge in [-0.3, -0.25) is 4.79 Å². The molecular formula is C21H36N2O5. The van der Waals surface area contributed by atoms with Gasteiger partial charge in [-0.2, -0.15) is 0 Å². The Labute approximate surface area is 168 Å². The van der Waals surface area contributed by atoms with Crippen LogP contribution in [0.2, 0.25) is 0 Å². The molecule has 1 saturated carbocycles. The summed E-state index contributed by atoms with van der Waals surface area (Å²) in [6.45, 7) is 11.9. The number of oxime groups is 1. The van der Waals surface area contributed by atoms with E-state index in [-0.39, 0.29) is 24.0 Å². The Morgan fingerprint density at radius 2 is 1.86 bits per heavy atom. The van der Waals surface area contributed by atoms with E-state index in [1.807, 2.05) is 20.8 Å². The third-order valence-electron chi connectivity index (χ3n) is 5.30. The molecule has 1 amide bonds. The molecule has 1 N–H and O–H groups in total. The second kappa shape index (κ2) is 9.61. The molecule has 2 aliphatic rings. The van der Waals surface area contributed by atoms with Crippen LogP contribution in [-0.2, 0) is 19.1 Å². The molecular weight excluding hydrogens is 360 g/mol. The number of alkyl carbamates (subject to hydrolysis) is 1. The molecule has 0 saturated heterocycles. The van der Waals surface area contributed by atoms with E-state index in [1.54, 1.807) is 6.92 Å². The molecule has 1 heterocycles. The van der Waals surface area contributed by atoms with E-state index < -0.39 is 17.6 Å². The lowest BCUT2D eigenvalue weighted by Crippen LogP contribution is -2.45. The zero-order valence-corrected chi connectivity index (χ0v) is 18.1. The minimum Gasteiger partial charge on any atom is -0.466 e. The third kappa shape index (κ3) is 5.39. The van der Waals surface area contributed by atoms with Gasteiger partial charge >= 0.3 is 12.1 Å². The van der Waals surface area contributed by atoms with Crippen molar-refractivity contribution in [3.8, 4) is 0 Å². The molecule has 160 valence electrons. The van der Waals surface area contributed by atoms with Gasteiger partial charge in [0.25, 0.3) is 0 Å². The molecule has 0 spiro atoms. The standard InChI is InChI=1S/C21H36N2O5/c1-7-10-13(11-8-2)17-16-15(22-20(25)27-21(4,5)6)12-14(18(16)28-23-17)19(24)26-9-3/h13-16,18H,7-12H2,1-6H3,(H,22,25)/t14-,15+,16+,18?/m0/s1.